The number of aldehydes is 1. The smallest absolute Gasteiger partial charge is 0.152 e. The molecule has 12 heavy (non-hydrogen) atoms. The Morgan fingerprint density at radius 1 is 1.58 bits per heavy atom. The number of hydrogen-bond donors (Lipinski definition) is 1. The number of nitrogen functional groups attached to an aromatic ring is 1. The number of carbonyl (C=O) groups excluding carboxylic acids is 1. The lowest BCUT2D eigenvalue weighted by molar-refractivity contribution is 0.112. The molecule has 1 rings (SSSR count). The summed E-state index contributed by atoms with van der Waals surface area (Å²) in [6.45, 7) is 0. The minimum Gasteiger partial charge on any atom is -0.496 e. The van der Waals surface area contributed by atoms with E-state index in [-0.39, 0.29) is 0 Å². The van der Waals surface area contributed by atoms with Crippen molar-refractivity contribution in [2.75, 3.05) is 12.8 Å². The Morgan fingerprint density at radius 3 is 2.75 bits per heavy atom. The van der Waals surface area contributed by atoms with Gasteiger partial charge in [0.1, 0.15) is 5.75 Å². The molecule has 0 heterocycles. The molecule has 0 atom stereocenters. The zero-order chi connectivity index (χ0) is 9.14. The van der Waals surface area contributed by atoms with Crippen molar-refractivity contribution in [3.63, 3.8) is 0 Å². The second-order valence-electron chi connectivity index (χ2n) is 2.23. The summed E-state index contributed by atoms with van der Waals surface area (Å²) in [5.41, 5.74) is 6.51. The van der Waals surface area contributed by atoms with Crippen LogP contribution in [0.3, 0.4) is 0 Å². The van der Waals surface area contributed by atoms with Gasteiger partial charge in [0.2, 0.25) is 0 Å². The number of anilines is 1. The van der Waals surface area contributed by atoms with Crippen LogP contribution < -0.4 is 10.5 Å². The molecular formula is C8H8INO2. The van der Waals surface area contributed by atoms with Crippen LogP contribution >= 0.6 is 22.6 Å². The minimum atomic E-state index is 0.447. The summed E-state index contributed by atoms with van der Waals surface area (Å²) in [7, 11) is 1.57. The van der Waals surface area contributed by atoms with Gasteiger partial charge in [-0.2, -0.15) is 0 Å². The second kappa shape index (κ2) is 3.75. The van der Waals surface area contributed by atoms with Crippen molar-refractivity contribution < 1.29 is 9.53 Å². The summed E-state index contributed by atoms with van der Waals surface area (Å²) in [5, 5.41) is 0. The van der Waals surface area contributed by atoms with Gasteiger partial charge >= 0.3 is 0 Å². The van der Waals surface area contributed by atoms with Gasteiger partial charge in [0.15, 0.2) is 6.29 Å². The molecule has 0 aliphatic heterocycles. The summed E-state index contributed by atoms with van der Waals surface area (Å²) < 4.78 is 5.90. The number of rotatable bonds is 2. The molecule has 0 amide bonds. The summed E-state index contributed by atoms with van der Waals surface area (Å²) in [6, 6.07) is 3.34. The molecule has 0 aliphatic rings. The van der Waals surface area contributed by atoms with Crippen LogP contribution in [0.2, 0.25) is 0 Å². The first-order valence-corrected chi connectivity index (χ1v) is 4.35. The molecule has 0 unspecified atom stereocenters. The van der Waals surface area contributed by atoms with E-state index in [1.807, 2.05) is 0 Å². The number of nitrogens with two attached hydrogens (primary N) is 1. The van der Waals surface area contributed by atoms with E-state index in [9.17, 15) is 4.79 Å². The molecule has 0 saturated heterocycles. The fraction of sp³-hybridized carbons (Fsp3) is 0.125. The van der Waals surface area contributed by atoms with E-state index in [4.69, 9.17) is 10.5 Å². The van der Waals surface area contributed by atoms with Crippen LogP contribution in [-0.2, 0) is 0 Å². The molecule has 64 valence electrons. The summed E-state index contributed by atoms with van der Waals surface area (Å²) in [6.07, 6.45) is 0.733. The lowest BCUT2D eigenvalue weighted by Gasteiger charge is -2.05. The summed E-state index contributed by atoms with van der Waals surface area (Å²) in [4.78, 5) is 10.5. The molecule has 0 radical (unpaired) electrons. The largest absolute Gasteiger partial charge is 0.496 e. The second-order valence-corrected chi connectivity index (χ2v) is 3.40. The third-order valence-corrected chi connectivity index (χ3v) is 2.33. The first-order chi connectivity index (χ1) is 5.69. The van der Waals surface area contributed by atoms with Crippen molar-refractivity contribution >= 4 is 34.6 Å². The molecule has 0 fully saturated rings. The lowest BCUT2D eigenvalue weighted by atomic mass is 10.2. The van der Waals surface area contributed by atoms with Gasteiger partial charge in [-0.15, -0.1) is 0 Å². The van der Waals surface area contributed by atoms with E-state index < -0.39 is 0 Å². The van der Waals surface area contributed by atoms with Crippen molar-refractivity contribution in [2.45, 2.75) is 0 Å². The molecule has 0 saturated carbocycles. The van der Waals surface area contributed by atoms with Gasteiger partial charge in [0, 0.05) is 17.3 Å². The highest BCUT2D eigenvalue weighted by atomic mass is 127. The highest BCUT2D eigenvalue weighted by molar-refractivity contribution is 14.1. The van der Waals surface area contributed by atoms with Gasteiger partial charge in [-0.25, -0.2) is 0 Å². The predicted octanol–water partition coefficient (Wildman–Crippen LogP) is 1.69. The van der Waals surface area contributed by atoms with Crippen LogP contribution in [0.25, 0.3) is 0 Å². The molecule has 4 heteroatoms. The average molecular weight is 277 g/mol. The first-order valence-electron chi connectivity index (χ1n) is 3.27. The third kappa shape index (κ3) is 1.69. The maximum atomic E-state index is 10.5. The molecular weight excluding hydrogens is 269 g/mol. The summed E-state index contributed by atoms with van der Waals surface area (Å²) in [5.74, 6) is 0.693. The Bertz CT molecular complexity index is 312. The molecule has 3 nitrogen and oxygen atoms in total. The van der Waals surface area contributed by atoms with Crippen LogP contribution in [0.5, 0.6) is 5.75 Å². The van der Waals surface area contributed by atoms with Crippen molar-refractivity contribution in [1.82, 2.24) is 0 Å². The summed E-state index contributed by atoms with van der Waals surface area (Å²) >= 11 is 2.09. The number of benzene rings is 1. The molecule has 0 aromatic heterocycles. The van der Waals surface area contributed by atoms with Gasteiger partial charge in [-0.1, -0.05) is 0 Å². The van der Waals surface area contributed by atoms with Crippen LogP contribution in [0.4, 0.5) is 5.69 Å². The van der Waals surface area contributed by atoms with E-state index in [2.05, 4.69) is 22.6 Å². The number of halogens is 1. The molecule has 1 aromatic carbocycles. The zero-order valence-corrected chi connectivity index (χ0v) is 8.66. The molecule has 0 aliphatic carbocycles. The average Bonchev–Trinajstić information content (AvgIpc) is 2.08. The van der Waals surface area contributed by atoms with Gasteiger partial charge in [-0.05, 0) is 28.7 Å². The van der Waals surface area contributed by atoms with Gasteiger partial charge in [-0.3, -0.25) is 4.79 Å². The zero-order valence-electron chi connectivity index (χ0n) is 6.50. The van der Waals surface area contributed by atoms with E-state index >= 15 is 0 Å². The number of carbonyl (C=O) groups is 1. The Kier molecular flexibility index (Phi) is 2.91. The van der Waals surface area contributed by atoms with Crippen LogP contribution in [0.15, 0.2) is 12.1 Å². The van der Waals surface area contributed by atoms with Crippen molar-refractivity contribution in [1.29, 1.82) is 0 Å². The fourth-order valence-corrected chi connectivity index (χ4v) is 1.55. The van der Waals surface area contributed by atoms with Gasteiger partial charge < -0.3 is 10.5 Å². The van der Waals surface area contributed by atoms with Crippen LogP contribution in [0.1, 0.15) is 10.4 Å². The Balaban J connectivity index is 3.25. The number of methoxy groups -OCH3 is 1. The topological polar surface area (TPSA) is 52.3 Å². The minimum absolute atomic E-state index is 0.447. The van der Waals surface area contributed by atoms with Crippen LogP contribution in [0, 0.1) is 3.57 Å². The Hall–Kier alpha value is -0.780. The Labute approximate surface area is 84.0 Å². The predicted molar refractivity (Wildman–Crippen MR) is 55.5 cm³/mol. The number of hydrogen-bond acceptors (Lipinski definition) is 3. The van der Waals surface area contributed by atoms with Gasteiger partial charge in [0.25, 0.3) is 0 Å². The monoisotopic (exact) mass is 277 g/mol. The molecule has 1 aromatic rings. The van der Waals surface area contributed by atoms with Crippen LogP contribution in [-0.4, -0.2) is 13.4 Å². The fourth-order valence-electron chi connectivity index (χ4n) is 0.843. The third-order valence-electron chi connectivity index (χ3n) is 1.48. The highest BCUT2D eigenvalue weighted by Crippen LogP contribution is 2.25. The SMILES string of the molecule is COc1cc(N)c(C=O)cc1I. The Morgan fingerprint density at radius 2 is 2.25 bits per heavy atom. The van der Waals surface area contributed by atoms with E-state index in [0.717, 1.165) is 9.86 Å². The van der Waals surface area contributed by atoms with Crippen molar-refractivity contribution in [3.8, 4) is 5.75 Å². The highest BCUT2D eigenvalue weighted by Gasteiger charge is 2.04. The first kappa shape index (κ1) is 9.31. The quantitative estimate of drug-likeness (QED) is 0.508. The maximum Gasteiger partial charge on any atom is 0.152 e. The molecule has 0 bridgehead atoms. The van der Waals surface area contributed by atoms with Crippen molar-refractivity contribution in [3.05, 3.63) is 21.3 Å². The molecule has 2 N–H and O–H groups in total. The standard InChI is InChI=1S/C8H8INO2/c1-12-8-3-7(10)5(4-11)2-6(8)9/h2-4H,10H2,1H3. The lowest BCUT2D eigenvalue weighted by Crippen LogP contribution is -1.96. The van der Waals surface area contributed by atoms with Crippen molar-refractivity contribution in [2.24, 2.45) is 0 Å². The van der Waals surface area contributed by atoms with E-state index in [1.54, 1.807) is 19.2 Å². The van der Waals surface area contributed by atoms with E-state index in [1.165, 1.54) is 0 Å². The maximum absolute atomic E-state index is 10.5. The molecule has 0 spiro atoms. The number of ether oxygens (including phenoxy) is 1. The van der Waals surface area contributed by atoms with E-state index in [0.29, 0.717) is 17.0 Å². The van der Waals surface area contributed by atoms with Gasteiger partial charge in [0.05, 0.1) is 10.7 Å². The normalized spacial score (nSPS) is 9.50.